The molecule has 6 heteroatoms. The summed E-state index contributed by atoms with van der Waals surface area (Å²) in [6.45, 7) is 7.98. The van der Waals surface area contributed by atoms with Crippen LogP contribution in [0.2, 0.25) is 0 Å². The molecule has 0 aromatic heterocycles. The molecular weight excluding hydrogens is 268 g/mol. The Hall–Kier alpha value is -1.14. The van der Waals surface area contributed by atoms with Gasteiger partial charge in [-0.1, -0.05) is 13.8 Å². The Morgan fingerprint density at radius 2 is 1.95 bits per heavy atom. The first-order valence-electron chi connectivity index (χ1n) is 7.83. The van der Waals surface area contributed by atoms with Crippen LogP contribution in [0.1, 0.15) is 20.3 Å². The van der Waals surface area contributed by atoms with Gasteiger partial charge in [0.1, 0.15) is 6.04 Å². The Morgan fingerprint density at radius 3 is 2.62 bits per heavy atom. The van der Waals surface area contributed by atoms with Gasteiger partial charge in [0.15, 0.2) is 0 Å². The van der Waals surface area contributed by atoms with Gasteiger partial charge < -0.3 is 15.1 Å². The fraction of sp³-hybridized carbons (Fsp3) is 0.867. The second kappa shape index (κ2) is 6.75. The maximum absolute atomic E-state index is 12.5. The van der Waals surface area contributed by atoms with E-state index in [1.54, 1.807) is 4.90 Å². The number of rotatable bonds is 4. The van der Waals surface area contributed by atoms with Crippen LogP contribution in [0.4, 0.5) is 0 Å². The summed E-state index contributed by atoms with van der Waals surface area (Å²) in [7, 11) is 4.20. The molecule has 0 saturated carbocycles. The third-order valence-corrected chi connectivity index (χ3v) is 4.40. The molecule has 1 N–H and O–H groups in total. The molecule has 2 fully saturated rings. The highest BCUT2D eigenvalue weighted by Gasteiger charge is 2.35. The second-order valence-corrected chi connectivity index (χ2v) is 6.87. The van der Waals surface area contributed by atoms with E-state index in [0.29, 0.717) is 24.9 Å². The predicted octanol–water partition coefficient (Wildman–Crippen LogP) is -0.395. The van der Waals surface area contributed by atoms with Gasteiger partial charge in [0.05, 0.1) is 6.54 Å². The van der Waals surface area contributed by atoms with E-state index in [4.69, 9.17) is 0 Å². The van der Waals surface area contributed by atoms with E-state index in [-0.39, 0.29) is 24.4 Å². The van der Waals surface area contributed by atoms with Crippen molar-refractivity contribution >= 4 is 11.8 Å². The zero-order valence-corrected chi connectivity index (χ0v) is 13.6. The number of carbonyl (C=O) groups excluding carboxylic acids is 2. The lowest BCUT2D eigenvalue weighted by molar-refractivity contribution is -0.145. The third kappa shape index (κ3) is 4.17. The van der Waals surface area contributed by atoms with Crippen molar-refractivity contribution < 1.29 is 9.59 Å². The Balaban J connectivity index is 2.00. The van der Waals surface area contributed by atoms with Gasteiger partial charge in [-0.3, -0.25) is 14.5 Å². The number of likely N-dealkylation sites (N-methyl/N-ethyl adjacent to an activating group) is 2. The normalized spacial score (nSPS) is 29.1. The van der Waals surface area contributed by atoms with E-state index in [9.17, 15) is 9.59 Å². The minimum Gasteiger partial charge on any atom is -0.343 e. The average Bonchev–Trinajstić information content (AvgIpc) is 2.38. The Bertz CT molecular complexity index is 399. The van der Waals surface area contributed by atoms with Crippen molar-refractivity contribution in [3.8, 4) is 0 Å². The van der Waals surface area contributed by atoms with Crippen molar-refractivity contribution in [3.63, 3.8) is 0 Å². The molecule has 6 nitrogen and oxygen atoms in total. The SMILES string of the molecule is CC(C)CC1NC(=O)CN(CC2CN(C)CCN2C)C1=O. The number of hydrogen-bond donors (Lipinski definition) is 1. The monoisotopic (exact) mass is 296 g/mol. The third-order valence-electron chi connectivity index (χ3n) is 4.40. The molecular formula is C15H28N4O2. The molecule has 2 saturated heterocycles. The molecule has 2 heterocycles. The quantitative estimate of drug-likeness (QED) is 0.767. The first kappa shape index (κ1) is 16.2. The van der Waals surface area contributed by atoms with Crippen LogP contribution in [-0.2, 0) is 9.59 Å². The summed E-state index contributed by atoms with van der Waals surface area (Å²) in [5.41, 5.74) is 0. The van der Waals surface area contributed by atoms with Gasteiger partial charge in [-0.15, -0.1) is 0 Å². The van der Waals surface area contributed by atoms with E-state index in [0.717, 1.165) is 19.6 Å². The number of amides is 2. The number of piperazine rings is 2. The standard InChI is InChI=1S/C15H28N4O2/c1-11(2)7-13-15(21)19(10-14(20)16-13)9-12-8-17(3)5-6-18(12)4/h11-13H,5-10H2,1-4H3,(H,16,20). The largest absolute Gasteiger partial charge is 0.343 e. The molecule has 120 valence electrons. The van der Waals surface area contributed by atoms with Gasteiger partial charge in [0.2, 0.25) is 11.8 Å². The maximum atomic E-state index is 12.5. The van der Waals surface area contributed by atoms with E-state index >= 15 is 0 Å². The summed E-state index contributed by atoms with van der Waals surface area (Å²) < 4.78 is 0. The molecule has 0 aromatic carbocycles. The second-order valence-electron chi connectivity index (χ2n) is 6.87. The van der Waals surface area contributed by atoms with E-state index < -0.39 is 0 Å². The highest BCUT2D eigenvalue weighted by molar-refractivity contribution is 5.94. The Kier molecular flexibility index (Phi) is 5.22. The predicted molar refractivity (Wildman–Crippen MR) is 81.9 cm³/mol. The lowest BCUT2D eigenvalue weighted by Gasteiger charge is -2.42. The molecule has 2 rings (SSSR count). The minimum atomic E-state index is -0.349. The van der Waals surface area contributed by atoms with E-state index in [2.05, 4.69) is 43.1 Å². The molecule has 0 bridgehead atoms. The van der Waals surface area contributed by atoms with Gasteiger partial charge in [-0.05, 0) is 26.4 Å². The molecule has 0 radical (unpaired) electrons. The molecule has 0 aliphatic carbocycles. The highest BCUT2D eigenvalue weighted by atomic mass is 16.2. The van der Waals surface area contributed by atoms with Crippen LogP contribution in [0, 0.1) is 5.92 Å². The topological polar surface area (TPSA) is 55.9 Å². The molecule has 21 heavy (non-hydrogen) atoms. The lowest BCUT2D eigenvalue weighted by Crippen LogP contribution is -2.62. The molecule has 2 unspecified atom stereocenters. The highest BCUT2D eigenvalue weighted by Crippen LogP contribution is 2.14. The van der Waals surface area contributed by atoms with Crippen LogP contribution < -0.4 is 5.32 Å². The van der Waals surface area contributed by atoms with Gasteiger partial charge in [0, 0.05) is 32.2 Å². The van der Waals surface area contributed by atoms with Crippen molar-refractivity contribution in [2.24, 2.45) is 5.92 Å². The van der Waals surface area contributed by atoms with Crippen LogP contribution >= 0.6 is 0 Å². The number of hydrogen-bond acceptors (Lipinski definition) is 4. The Labute approximate surface area is 127 Å². The molecule has 0 aromatic rings. The lowest BCUT2D eigenvalue weighted by atomic mass is 10.0. The number of nitrogens with zero attached hydrogens (tertiary/aromatic N) is 3. The first-order valence-corrected chi connectivity index (χ1v) is 7.83. The van der Waals surface area contributed by atoms with E-state index in [1.165, 1.54) is 0 Å². The van der Waals surface area contributed by atoms with E-state index in [1.807, 2.05) is 0 Å². The summed E-state index contributed by atoms with van der Waals surface area (Å²) in [6.07, 6.45) is 0.710. The summed E-state index contributed by atoms with van der Waals surface area (Å²) in [5, 5.41) is 2.83. The first-order chi connectivity index (χ1) is 9.86. The molecule has 2 atom stereocenters. The fourth-order valence-electron chi connectivity index (χ4n) is 3.11. The van der Waals surface area contributed by atoms with Crippen molar-refractivity contribution in [2.45, 2.75) is 32.4 Å². The van der Waals surface area contributed by atoms with Crippen LogP contribution in [0.5, 0.6) is 0 Å². The van der Waals surface area contributed by atoms with Gasteiger partial charge in [-0.25, -0.2) is 0 Å². The maximum Gasteiger partial charge on any atom is 0.245 e. The minimum absolute atomic E-state index is 0.0351. The van der Waals surface area contributed by atoms with Gasteiger partial charge >= 0.3 is 0 Å². The van der Waals surface area contributed by atoms with Crippen LogP contribution in [0.15, 0.2) is 0 Å². The Morgan fingerprint density at radius 1 is 1.24 bits per heavy atom. The van der Waals surface area contributed by atoms with Crippen molar-refractivity contribution in [2.75, 3.05) is 46.8 Å². The zero-order valence-electron chi connectivity index (χ0n) is 13.6. The smallest absolute Gasteiger partial charge is 0.245 e. The molecule has 2 aliphatic heterocycles. The average molecular weight is 296 g/mol. The summed E-state index contributed by atoms with van der Waals surface area (Å²) in [5.74, 6) is 0.430. The summed E-state index contributed by atoms with van der Waals surface area (Å²) in [4.78, 5) is 30.7. The van der Waals surface area contributed by atoms with Gasteiger partial charge in [-0.2, -0.15) is 0 Å². The zero-order chi connectivity index (χ0) is 15.6. The fourth-order valence-corrected chi connectivity index (χ4v) is 3.11. The summed E-state index contributed by atoms with van der Waals surface area (Å²) >= 11 is 0. The van der Waals surface area contributed by atoms with Crippen molar-refractivity contribution in [1.29, 1.82) is 0 Å². The molecule has 0 spiro atoms. The number of nitrogens with one attached hydrogen (secondary N) is 1. The van der Waals surface area contributed by atoms with Crippen molar-refractivity contribution in [1.82, 2.24) is 20.0 Å². The number of carbonyl (C=O) groups is 2. The van der Waals surface area contributed by atoms with Gasteiger partial charge in [0.25, 0.3) is 0 Å². The van der Waals surface area contributed by atoms with Crippen molar-refractivity contribution in [3.05, 3.63) is 0 Å². The summed E-state index contributed by atoms with van der Waals surface area (Å²) in [6, 6.07) is -0.0452. The van der Waals surface area contributed by atoms with Crippen LogP contribution in [-0.4, -0.2) is 85.4 Å². The van der Waals surface area contributed by atoms with Crippen LogP contribution in [0.3, 0.4) is 0 Å². The molecule has 2 amide bonds. The van der Waals surface area contributed by atoms with Crippen LogP contribution in [0.25, 0.3) is 0 Å². The molecule has 2 aliphatic rings.